The van der Waals surface area contributed by atoms with E-state index in [0.29, 0.717) is 0 Å². The van der Waals surface area contributed by atoms with Gasteiger partial charge in [-0.05, 0) is 41.5 Å². The highest BCUT2D eigenvalue weighted by molar-refractivity contribution is 6.31. The minimum Gasteiger partial charge on any atom is -0.465 e. The maximum Gasteiger partial charge on any atom is 0.422 e. The van der Waals surface area contributed by atoms with Crippen LogP contribution in [0.1, 0.15) is 34.3 Å². The minimum absolute atomic E-state index is 0.0281. The topological polar surface area (TPSA) is 94.4 Å². The summed E-state index contributed by atoms with van der Waals surface area (Å²) in [6.45, 7) is 1.18. The molecule has 1 N–H and O–H groups in total. The van der Waals surface area contributed by atoms with Gasteiger partial charge >= 0.3 is 18.2 Å². The molecule has 0 saturated carbocycles. The lowest BCUT2D eigenvalue weighted by Crippen LogP contribution is -2.46. The summed E-state index contributed by atoms with van der Waals surface area (Å²) in [5.41, 5.74) is -3.79. The molecule has 0 aliphatic carbocycles. The van der Waals surface area contributed by atoms with Crippen molar-refractivity contribution in [2.75, 3.05) is 7.11 Å². The van der Waals surface area contributed by atoms with Gasteiger partial charge in [-0.3, -0.25) is 0 Å². The van der Waals surface area contributed by atoms with Gasteiger partial charge in [0.2, 0.25) is 0 Å². The Kier molecular flexibility index (Phi) is 7.11. The number of esters is 1. The molecule has 0 spiro atoms. The summed E-state index contributed by atoms with van der Waals surface area (Å²) < 4.78 is 52.4. The molecule has 0 saturated heterocycles. The summed E-state index contributed by atoms with van der Waals surface area (Å²) in [5, 5.41) is 10.7. The van der Waals surface area contributed by atoms with Crippen molar-refractivity contribution in [1.29, 1.82) is 0 Å². The third-order valence-electron chi connectivity index (χ3n) is 4.92. The van der Waals surface area contributed by atoms with E-state index < -0.39 is 29.2 Å². The Morgan fingerprint density at radius 3 is 2.33 bits per heavy atom. The Hall–Kier alpha value is -2.95. The van der Waals surface area contributed by atoms with E-state index in [2.05, 4.69) is 19.7 Å². The number of pyridine rings is 1. The Bertz CT molecular complexity index is 1160. The predicted molar refractivity (Wildman–Crippen MR) is 113 cm³/mol. The number of rotatable bonds is 6. The van der Waals surface area contributed by atoms with Crippen molar-refractivity contribution >= 4 is 29.2 Å². The maximum atomic E-state index is 14.1. The molecular weight excluding hydrogens is 486 g/mol. The first kappa shape index (κ1) is 24.7. The number of benzene rings is 1. The van der Waals surface area contributed by atoms with Crippen LogP contribution in [0.5, 0.6) is 11.8 Å². The molecule has 1 aromatic carbocycles. The lowest BCUT2D eigenvalue weighted by molar-refractivity contribution is -0.274. The third-order valence-corrected chi connectivity index (χ3v) is 5.47. The van der Waals surface area contributed by atoms with E-state index in [-0.39, 0.29) is 33.1 Å². The van der Waals surface area contributed by atoms with Crippen molar-refractivity contribution in [3.63, 3.8) is 0 Å². The number of aromatic nitrogens is 3. The first-order chi connectivity index (χ1) is 15.5. The third kappa shape index (κ3) is 5.02. The van der Waals surface area contributed by atoms with Crippen molar-refractivity contribution in [3.05, 3.63) is 75.8 Å². The van der Waals surface area contributed by atoms with Gasteiger partial charge in [-0.15, -0.1) is 0 Å². The number of alkyl halides is 3. The maximum absolute atomic E-state index is 14.1. The number of hydrogen-bond donors (Lipinski definition) is 1. The van der Waals surface area contributed by atoms with Crippen LogP contribution in [-0.2, 0) is 10.3 Å². The SMILES string of the molecule is COC(=O)c1cnc(Oc2ccc(Cl)c(C(C)C(O)(c3ccnc(Cl)c3)C(F)(F)F)c2)nc1. The number of methoxy groups -OCH3 is 1. The van der Waals surface area contributed by atoms with Crippen LogP contribution in [0.2, 0.25) is 10.2 Å². The quantitative estimate of drug-likeness (QED) is 0.361. The fourth-order valence-electron chi connectivity index (χ4n) is 3.14. The second-order valence-corrected chi connectivity index (χ2v) is 7.68. The molecular formula is C21H16Cl2F3N3O4. The molecule has 174 valence electrons. The largest absolute Gasteiger partial charge is 0.465 e. The van der Waals surface area contributed by atoms with Crippen LogP contribution < -0.4 is 4.74 Å². The van der Waals surface area contributed by atoms with Crippen LogP contribution in [0.3, 0.4) is 0 Å². The second kappa shape index (κ2) is 9.50. The van der Waals surface area contributed by atoms with Crippen LogP contribution in [0, 0.1) is 0 Å². The van der Waals surface area contributed by atoms with Crippen LogP contribution in [0.15, 0.2) is 48.9 Å². The van der Waals surface area contributed by atoms with Gasteiger partial charge in [0.25, 0.3) is 0 Å². The average Bonchev–Trinajstić information content (AvgIpc) is 2.78. The van der Waals surface area contributed by atoms with Crippen molar-refractivity contribution in [1.82, 2.24) is 15.0 Å². The van der Waals surface area contributed by atoms with Gasteiger partial charge < -0.3 is 14.6 Å². The molecule has 0 amide bonds. The molecule has 0 radical (unpaired) electrons. The molecule has 0 aliphatic heterocycles. The molecule has 2 aromatic heterocycles. The molecule has 0 fully saturated rings. The van der Waals surface area contributed by atoms with Crippen LogP contribution in [0.4, 0.5) is 13.2 Å². The van der Waals surface area contributed by atoms with Crippen LogP contribution >= 0.6 is 23.2 Å². The number of carbonyl (C=O) groups excluding carboxylic acids is 1. The number of aliphatic hydroxyl groups is 1. The van der Waals surface area contributed by atoms with E-state index in [9.17, 15) is 23.1 Å². The fraction of sp³-hybridized carbons (Fsp3) is 0.238. The molecule has 0 aliphatic rings. The highest BCUT2D eigenvalue weighted by Gasteiger charge is 2.59. The first-order valence-electron chi connectivity index (χ1n) is 9.26. The predicted octanol–water partition coefficient (Wildman–Crippen LogP) is 5.31. The van der Waals surface area contributed by atoms with Gasteiger partial charge in [-0.2, -0.15) is 13.2 Å². The zero-order chi connectivity index (χ0) is 24.4. The lowest BCUT2D eigenvalue weighted by Gasteiger charge is -2.37. The van der Waals surface area contributed by atoms with Gasteiger partial charge in [0.1, 0.15) is 10.9 Å². The van der Waals surface area contributed by atoms with Gasteiger partial charge in [0.05, 0.1) is 12.7 Å². The summed E-state index contributed by atoms with van der Waals surface area (Å²) >= 11 is 11.9. The van der Waals surface area contributed by atoms with E-state index in [1.807, 2.05) is 0 Å². The molecule has 0 bridgehead atoms. The molecule has 2 unspecified atom stereocenters. The monoisotopic (exact) mass is 501 g/mol. The van der Waals surface area contributed by atoms with Crippen molar-refractivity contribution < 1.29 is 32.5 Å². The molecule has 7 nitrogen and oxygen atoms in total. The second-order valence-electron chi connectivity index (χ2n) is 6.88. The summed E-state index contributed by atoms with van der Waals surface area (Å²) in [4.78, 5) is 22.9. The number of halogens is 5. The lowest BCUT2D eigenvalue weighted by atomic mass is 9.78. The molecule has 2 heterocycles. The van der Waals surface area contributed by atoms with E-state index in [1.165, 1.54) is 44.6 Å². The highest BCUT2D eigenvalue weighted by Crippen LogP contribution is 2.50. The zero-order valence-corrected chi connectivity index (χ0v) is 18.6. The Morgan fingerprint density at radius 2 is 1.76 bits per heavy atom. The Labute approximate surface area is 196 Å². The van der Waals surface area contributed by atoms with E-state index in [4.69, 9.17) is 27.9 Å². The van der Waals surface area contributed by atoms with Crippen LogP contribution in [-0.4, -0.2) is 39.3 Å². The van der Waals surface area contributed by atoms with Gasteiger partial charge in [0, 0.05) is 29.5 Å². The Morgan fingerprint density at radius 1 is 1.09 bits per heavy atom. The molecule has 33 heavy (non-hydrogen) atoms. The first-order valence-corrected chi connectivity index (χ1v) is 10.0. The molecule has 12 heteroatoms. The average molecular weight is 502 g/mol. The van der Waals surface area contributed by atoms with Crippen molar-refractivity contribution in [2.24, 2.45) is 0 Å². The van der Waals surface area contributed by atoms with E-state index in [0.717, 1.165) is 18.3 Å². The summed E-state index contributed by atoms with van der Waals surface area (Å²) in [7, 11) is 1.20. The molecule has 2 atom stereocenters. The zero-order valence-electron chi connectivity index (χ0n) is 17.1. The van der Waals surface area contributed by atoms with Crippen LogP contribution in [0.25, 0.3) is 0 Å². The van der Waals surface area contributed by atoms with Crippen molar-refractivity contribution in [3.8, 4) is 11.8 Å². The smallest absolute Gasteiger partial charge is 0.422 e. The summed E-state index contributed by atoms with van der Waals surface area (Å²) in [5.74, 6) is -2.16. The van der Waals surface area contributed by atoms with Gasteiger partial charge in [-0.1, -0.05) is 30.1 Å². The summed E-state index contributed by atoms with van der Waals surface area (Å²) in [6, 6.07) is 5.76. The van der Waals surface area contributed by atoms with E-state index >= 15 is 0 Å². The van der Waals surface area contributed by atoms with Gasteiger partial charge in [-0.25, -0.2) is 19.7 Å². The number of carbonyl (C=O) groups is 1. The fourth-order valence-corrected chi connectivity index (χ4v) is 3.59. The number of hydrogen-bond acceptors (Lipinski definition) is 7. The minimum atomic E-state index is -5.08. The van der Waals surface area contributed by atoms with Gasteiger partial charge in [0.15, 0.2) is 5.60 Å². The standard InChI is InChI=1S/C21H16Cl2F3N3O4/c1-11(20(31,21(24,25)26)13-5-6-27-17(23)7-13)15-8-14(3-4-16(15)22)33-19-28-9-12(10-29-19)18(30)32-2/h3-11,31H,1-2H3. The number of nitrogens with zero attached hydrogens (tertiary/aromatic N) is 3. The normalized spacial score (nSPS) is 14.3. The van der Waals surface area contributed by atoms with E-state index in [1.54, 1.807) is 0 Å². The summed E-state index contributed by atoms with van der Waals surface area (Å²) in [6.07, 6.45) is -1.67. The highest BCUT2D eigenvalue weighted by atomic mass is 35.5. The Balaban J connectivity index is 1.98. The molecule has 3 aromatic rings. The number of ether oxygens (including phenoxy) is 2. The molecule has 3 rings (SSSR count). The van der Waals surface area contributed by atoms with Crippen molar-refractivity contribution in [2.45, 2.75) is 24.6 Å².